The third-order valence-electron chi connectivity index (χ3n) is 3.66. The Kier molecular flexibility index (Phi) is 7.55. The van der Waals surface area contributed by atoms with E-state index >= 15 is 0 Å². The summed E-state index contributed by atoms with van der Waals surface area (Å²) < 4.78 is 10.6. The fraction of sp³-hybridized carbons (Fsp3) is 0.278. The van der Waals surface area contributed by atoms with E-state index in [4.69, 9.17) is 15.2 Å². The van der Waals surface area contributed by atoms with Crippen LogP contribution < -0.4 is 20.5 Å². The maximum Gasteiger partial charge on any atom is 0.241 e. The Morgan fingerprint density at radius 2 is 1.79 bits per heavy atom. The molecule has 0 aliphatic carbocycles. The second kappa shape index (κ2) is 9.15. The Bertz CT molecular complexity index is 674. The number of aryl methyl sites for hydroxylation is 1. The van der Waals surface area contributed by atoms with Gasteiger partial charge in [0, 0.05) is 12.1 Å². The molecule has 3 N–H and O–H groups in total. The normalized spacial score (nSPS) is 11.2. The number of amides is 1. The van der Waals surface area contributed by atoms with Crippen molar-refractivity contribution in [2.75, 3.05) is 14.2 Å². The van der Waals surface area contributed by atoms with Crippen molar-refractivity contribution in [2.24, 2.45) is 5.73 Å². The van der Waals surface area contributed by atoms with E-state index in [-0.39, 0.29) is 18.3 Å². The number of hydrogen-bond donors (Lipinski definition) is 2. The lowest BCUT2D eigenvalue weighted by atomic mass is 10.1. The zero-order valence-electron chi connectivity index (χ0n) is 14.0. The molecular weight excluding hydrogens is 328 g/mol. The van der Waals surface area contributed by atoms with Crippen molar-refractivity contribution in [3.05, 3.63) is 59.2 Å². The molecule has 1 amide bonds. The smallest absolute Gasteiger partial charge is 0.241 e. The molecule has 0 radical (unpaired) electrons. The highest BCUT2D eigenvalue weighted by molar-refractivity contribution is 5.85. The summed E-state index contributed by atoms with van der Waals surface area (Å²) in [4.78, 5) is 12.2. The Morgan fingerprint density at radius 1 is 1.12 bits per heavy atom. The Morgan fingerprint density at radius 3 is 2.38 bits per heavy atom. The molecule has 0 fully saturated rings. The second-order valence-electron chi connectivity index (χ2n) is 5.26. The summed E-state index contributed by atoms with van der Waals surface area (Å²) in [5.74, 6) is 1.00. The highest BCUT2D eigenvalue weighted by atomic mass is 35.5. The molecular formula is C18H23ClN2O3. The van der Waals surface area contributed by atoms with Gasteiger partial charge in [0.2, 0.25) is 5.91 Å². The summed E-state index contributed by atoms with van der Waals surface area (Å²) in [6, 6.07) is 12.4. The fourth-order valence-electron chi connectivity index (χ4n) is 2.31. The van der Waals surface area contributed by atoms with Crippen LogP contribution in [0.2, 0.25) is 0 Å². The zero-order chi connectivity index (χ0) is 16.8. The number of nitrogens with one attached hydrogen (secondary N) is 1. The lowest BCUT2D eigenvalue weighted by Crippen LogP contribution is -2.33. The standard InChI is InChI=1S/C18H22N2O3.ClH/c1-12-7-9-13(10-8-12)16(19)18(21)20-11-14-5-4-6-15(22-2)17(14)23-3;/h4-10,16H,11,19H2,1-3H3,(H,20,21);1H. The van der Waals surface area contributed by atoms with Crippen molar-refractivity contribution in [3.63, 3.8) is 0 Å². The number of methoxy groups -OCH3 is 2. The van der Waals surface area contributed by atoms with E-state index in [9.17, 15) is 4.79 Å². The summed E-state index contributed by atoms with van der Waals surface area (Å²) >= 11 is 0. The second-order valence-corrected chi connectivity index (χ2v) is 5.26. The van der Waals surface area contributed by atoms with Crippen molar-refractivity contribution >= 4 is 18.3 Å². The van der Waals surface area contributed by atoms with E-state index < -0.39 is 6.04 Å². The molecule has 5 nitrogen and oxygen atoms in total. The minimum absolute atomic E-state index is 0. The molecule has 0 aliphatic rings. The van der Waals surface area contributed by atoms with Gasteiger partial charge < -0.3 is 20.5 Å². The minimum atomic E-state index is -0.702. The maximum absolute atomic E-state index is 12.2. The van der Waals surface area contributed by atoms with Gasteiger partial charge in [-0.05, 0) is 18.6 Å². The molecule has 0 bridgehead atoms. The average molecular weight is 351 g/mol. The van der Waals surface area contributed by atoms with Crippen LogP contribution in [0, 0.1) is 6.92 Å². The maximum atomic E-state index is 12.2. The van der Waals surface area contributed by atoms with Crippen molar-refractivity contribution in [1.82, 2.24) is 5.32 Å². The first-order valence-corrected chi connectivity index (χ1v) is 7.36. The van der Waals surface area contributed by atoms with Crippen LogP contribution in [-0.2, 0) is 11.3 Å². The number of hydrogen-bond acceptors (Lipinski definition) is 4. The first-order chi connectivity index (χ1) is 11.1. The number of nitrogens with two attached hydrogens (primary N) is 1. The molecule has 2 aromatic rings. The van der Waals surface area contributed by atoms with Gasteiger partial charge >= 0.3 is 0 Å². The van der Waals surface area contributed by atoms with E-state index in [1.165, 1.54) is 0 Å². The molecule has 0 saturated carbocycles. The van der Waals surface area contributed by atoms with E-state index in [2.05, 4.69) is 5.32 Å². The van der Waals surface area contributed by atoms with Gasteiger partial charge in [-0.1, -0.05) is 42.0 Å². The summed E-state index contributed by atoms with van der Waals surface area (Å²) in [6.45, 7) is 2.31. The van der Waals surface area contributed by atoms with Gasteiger partial charge in [-0.25, -0.2) is 0 Å². The topological polar surface area (TPSA) is 73.6 Å². The number of ether oxygens (including phenoxy) is 2. The van der Waals surface area contributed by atoms with E-state index in [0.29, 0.717) is 18.0 Å². The number of carbonyl (C=O) groups is 1. The number of carbonyl (C=O) groups excluding carboxylic acids is 1. The predicted molar refractivity (Wildman–Crippen MR) is 96.7 cm³/mol. The molecule has 0 spiro atoms. The van der Waals surface area contributed by atoms with Crippen LogP contribution in [0.15, 0.2) is 42.5 Å². The highest BCUT2D eigenvalue weighted by Gasteiger charge is 2.16. The van der Waals surface area contributed by atoms with E-state index in [1.807, 2.05) is 49.4 Å². The van der Waals surface area contributed by atoms with Gasteiger partial charge in [-0.2, -0.15) is 0 Å². The molecule has 130 valence electrons. The summed E-state index contributed by atoms with van der Waals surface area (Å²) in [6.07, 6.45) is 0. The molecule has 2 aromatic carbocycles. The molecule has 1 atom stereocenters. The van der Waals surface area contributed by atoms with Gasteiger partial charge in [0.25, 0.3) is 0 Å². The van der Waals surface area contributed by atoms with Gasteiger partial charge in [-0.3, -0.25) is 4.79 Å². The largest absolute Gasteiger partial charge is 0.493 e. The Labute approximate surface area is 148 Å². The van der Waals surface area contributed by atoms with Gasteiger partial charge in [0.05, 0.1) is 14.2 Å². The van der Waals surface area contributed by atoms with Crippen LogP contribution in [0.3, 0.4) is 0 Å². The van der Waals surface area contributed by atoms with Crippen LogP contribution in [0.25, 0.3) is 0 Å². The zero-order valence-corrected chi connectivity index (χ0v) is 14.9. The SMILES string of the molecule is COc1cccc(CNC(=O)C(N)c2ccc(C)cc2)c1OC.Cl. The lowest BCUT2D eigenvalue weighted by molar-refractivity contribution is -0.122. The van der Waals surface area contributed by atoms with Gasteiger partial charge in [0.1, 0.15) is 6.04 Å². The highest BCUT2D eigenvalue weighted by Crippen LogP contribution is 2.30. The molecule has 0 heterocycles. The van der Waals surface area contributed by atoms with E-state index in [1.54, 1.807) is 14.2 Å². The number of benzene rings is 2. The van der Waals surface area contributed by atoms with Crippen LogP contribution in [0.5, 0.6) is 11.5 Å². The molecule has 6 heteroatoms. The summed E-state index contributed by atoms with van der Waals surface area (Å²) in [5, 5.41) is 2.84. The molecule has 2 rings (SSSR count). The number of halogens is 1. The third-order valence-corrected chi connectivity index (χ3v) is 3.66. The Balaban J connectivity index is 0.00000288. The number of para-hydroxylation sites is 1. The van der Waals surface area contributed by atoms with Crippen molar-refractivity contribution in [1.29, 1.82) is 0 Å². The average Bonchev–Trinajstić information content (AvgIpc) is 2.59. The predicted octanol–water partition coefficient (Wildman–Crippen LogP) is 2.75. The molecule has 1 unspecified atom stereocenters. The van der Waals surface area contributed by atoms with Crippen molar-refractivity contribution in [2.45, 2.75) is 19.5 Å². The first-order valence-electron chi connectivity index (χ1n) is 7.36. The van der Waals surface area contributed by atoms with Crippen LogP contribution in [-0.4, -0.2) is 20.1 Å². The van der Waals surface area contributed by atoms with E-state index in [0.717, 1.165) is 16.7 Å². The van der Waals surface area contributed by atoms with Crippen LogP contribution in [0.1, 0.15) is 22.7 Å². The minimum Gasteiger partial charge on any atom is -0.493 e. The van der Waals surface area contributed by atoms with Crippen molar-refractivity contribution < 1.29 is 14.3 Å². The third kappa shape index (κ3) is 4.63. The molecule has 24 heavy (non-hydrogen) atoms. The Hall–Kier alpha value is -2.24. The van der Waals surface area contributed by atoms with Crippen LogP contribution in [0.4, 0.5) is 0 Å². The molecule has 0 aliphatic heterocycles. The quantitative estimate of drug-likeness (QED) is 0.840. The molecule has 0 saturated heterocycles. The molecule has 0 aromatic heterocycles. The first kappa shape index (κ1) is 19.8. The van der Waals surface area contributed by atoms with Crippen LogP contribution >= 0.6 is 12.4 Å². The number of rotatable bonds is 6. The monoisotopic (exact) mass is 350 g/mol. The lowest BCUT2D eigenvalue weighted by Gasteiger charge is -2.15. The fourth-order valence-corrected chi connectivity index (χ4v) is 2.31. The van der Waals surface area contributed by atoms with Crippen molar-refractivity contribution in [3.8, 4) is 11.5 Å². The summed E-state index contributed by atoms with van der Waals surface area (Å²) in [7, 11) is 3.15. The van der Waals surface area contributed by atoms with Gasteiger partial charge in [-0.15, -0.1) is 12.4 Å². The summed E-state index contributed by atoms with van der Waals surface area (Å²) in [5.41, 5.74) is 8.75. The van der Waals surface area contributed by atoms with Gasteiger partial charge in [0.15, 0.2) is 11.5 Å².